The Morgan fingerprint density at radius 2 is 1.94 bits per heavy atom. The zero-order chi connectivity index (χ0) is 13.1. The molecule has 2 N–H and O–H groups in total. The number of benzene rings is 1. The van der Waals surface area contributed by atoms with E-state index in [9.17, 15) is 0 Å². The second-order valence-corrected chi connectivity index (χ2v) is 4.18. The van der Waals surface area contributed by atoms with E-state index in [0.29, 0.717) is 28.0 Å². The maximum absolute atomic E-state index is 5.94. The molecule has 0 radical (unpaired) electrons. The van der Waals surface area contributed by atoms with Gasteiger partial charge in [-0.15, -0.1) is 0 Å². The number of anilines is 1. The third-order valence-electron chi connectivity index (χ3n) is 2.08. The average Bonchev–Trinajstić information content (AvgIpc) is 2.32. The summed E-state index contributed by atoms with van der Waals surface area (Å²) in [5.41, 5.74) is 6.29. The first kappa shape index (κ1) is 12.9. The standard InChI is InChI=1S/C11H10Cl2N4O/c1-2-18-11-16-9(15-10(14)17-11)6-3-4-7(12)8(13)5-6/h3-5H,2H2,1H3,(H2,14,15,16,17). The first-order valence-corrected chi connectivity index (χ1v) is 5.95. The molecule has 0 fully saturated rings. The Bertz CT molecular complexity index is 577. The van der Waals surface area contributed by atoms with Gasteiger partial charge in [0.2, 0.25) is 5.95 Å². The van der Waals surface area contributed by atoms with Crippen molar-refractivity contribution in [1.29, 1.82) is 0 Å². The highest BCUT2D eigenvalue weighted by Gasteiger charge is 2.09. The lowest BCUT2D eigenvalue weighted by Gasteiger charge is -2.05. The van der Waals surface area contributed by atoms with Gasteiger partial charge in [0.15, 0.2) is 5.82 Å². The number of hydrogen-bond acceptors (Lipinski definition) is 5. The molecule has 0 bridgehead atoms. The number of aromatic nitrogens is 3. The molecule has 0 saturated carbocycles. The van der Waals surface area contributed by atoms with Gasteiger partial charge in [0.25, 0.3) is 0 Å². The zero-order valence-electron chi connectivity index (χ0n) is 9.52. The Kier molecular flexibility index (Phi) is 3.84. The summed E-state index contributed by atoms with van der Waals surface area (Å²) in [6, 6.07) is 5.26. The van der Waals surface area contributed by atoms with Crippen LogP contribution in [0.5, 0.6) is 6.01 Å². The summed E-state index contributed by atoms with van der Waals surface area (Å²) in [5, 5.41) is 0.888. The molecule has 5 nitrogen and oxygen atoms in total. The van der Waals surface area contributed by atoms with Crippen molar-refractivity contribution in [1.82, 2.24) is 15.0 Å². The zero-order valence-corrected chi connectivity index (χ0v) is 11.0. The predicted molar refractivity (Wildman–Crippen MR) is 70.9 cm³/mol. The Morgan fingerprint density at radius 1 is 1.17 bits per heavy atom. The van der Waals surface area contributed by atoms with Crippen molar-refractivity contribution in [2.24, 2.45) is 0 Å². The van der Waals surface area contributed by atoms with Crippen LogP contribution in [0.15, 0.2) is 18.2 Å². The number of rotatable bonds is 3. The average molecular weight is 285 g/mol. The fourth-order valence-corrected chi connectivity index (χ4v) is 1.63. The summed E-state index contributed by atoms with van der Waals surface area (Å²) < 4.78 is 5.20. The van der Waals surface area contributed by atoms with Crippen molar-refractivity contribution < 1.29 is 4.74 Å². The summed E-state index contributed by atoms with van der Waals surface area (Å²) in [4.78, 5) is 12.0. The Labute approximate surface area is 114 Å². The number of nitrogen functional groups attached to an aromatic ring is 1. The van der Waals surface area contributed by atoms with Crippen LogP contribution in [0.3, 0.4) is 0 Å². The highest BCUT2D eigenvalue weighted by molar-refractivity contribution is 6.42. The van der Waals surface area contributed by atoms with E-state index in [4.69, 9.17) is 33.7 Å². The minimum Gasteiger partial charge on any atom is -0.464 e. The summed E-state index contributed by atoms with van der Waals surface area (Å²) >= 11 is 11.8. The normalized spacial score (nSPS) is 10.4. The van der Waals surface area contributed by atoms with Gasteiger partial charge in [-0.2, -0.15) is 15.0 Å². The molecule has 94 valence electrons. The van der Waals surface area contributed by atoms with Crippen molar-refractivity contribution in [3.8, 4) is 17.4 Å². The third-order valence-corrected chi connectivity index (χ3v) is 2.82. The maximum atomic E-state index is 5.94. The van der Waals surface area contributed by atoms with Gasteiger partial charge in [0, 0.05) is 5.56 Å². The van der Waals surface area contributed by atoms with Gasteiger partial charge in [-0.1, -0.05) is 23.2 Å². The highest BCUT2D eigenvalue weighted by Crippen LogP contribution is 2.27. The topological polar surface area (TPSA) is 73.9 Å². The number of halogens is 2. The van der Waals surface area contributed by atoms with Crippen LogP contribution in [-0.2, 0) is 0 Å². The number of nitrogens with zero attached hydrogens (tertiary/aromatic N) is 3. The Hall–Kier alpha value is -1.59. The summed E-state index contributed by atoms with van der Waals surface area (Å²) in [6.45, 7) is 2.28. The molecular weight excluding hydrogens is 275 g/mol. The third kappa shape index (κ3) is 2.80. The van der Waals surface area contributed by atoms with E-state index in [-0.39, 0.29) is 12.0 Å². The molecule has 2 rings (SSSR count). The fourth-order valence-electron chi connectivity index (χ4n) is 1.33. The molecule has 1 heterocycles. The molecule has 7 heteroatoms. The molecule has 1 aromatic heterocycles. The molecule has 0 amide bonds. The van der Waals surface area contributed by atoms with Crippen LogP contribution < -0.4 is 10.5 Å². The monoisotopic (exact) mass is 284 g/mol. The predicted octanol–water partition coefficient (Wildman–Crippen LogP) is 2.83. The number of hydrogen-bond donors (Lipinski definition) is 1. The van der Waals surface area contributed by atoms with Crippen molar-refractivity contribution in [2.75, 3.05) is 12.3 Å². The smallest absolute Gasteiger partial charge is 0.321 e. The van der Waals surface area contributed by atoms with Gasteiger partial charge in [-0.05, 0) is 25.1 Å². The van der Waals surface area contributed by atoms with Gasteiger partial charge in [0.05, 0.1) is 16.7 Å². The largest absolute Gasteiger partial charge is 0.464 e. The molecule has 0 aliphatic carbocycles. The molecule has 0 saturated heterocycles. The van der Waals surface area contributed by atoms with Gasteiger partial charge in [-0.3, -0.25) is 0 Å². The van der Waals surface area contributed by atoms with E-state index in [1.165, 1.54) is 0 Å². The summed E-state index contributed by atoms with van der Waals surface area (Å²) in [5.74, 6) is 0.485. The molecule has 0 unspecified atom stereocenters. The second-order valence-electron chi connectivity index (χ2n) is 3.36. The van der Waals surface area contributed by atoms with E-state index in [1.807, 2.05) is 6.92 Å². The number of ether oxygens (including phenoxy) is 1. The summed E-state index contributed by atoms with van der Waals surface area (Å²) in [7, 11) is 0. The van der Waals surface area contributed by atoms with Crippen LogP contribution >= 0.6 is 23.2 Å². The number of nitrogens with two attached hydrogens (primary N) is 1. The van der Waals surface area contributed by atoms with Crippen molar-refractivity contribution >= 4 is 29.2 Å². The van der Waals surface area contributed by atoms with Crippen molar-refractivity contribution in [3.05, 3.63) is 28.2 Å². The lowest BCUT2D eigenvalue weighted by atomic mass is 10.2. The van der Waals surface area contributed by atoms with Crippen LogP contribution in [-0.4, -0.2) is 21.6 Å². The van der Waals surface area contributed by atoms with Crippen LogP contribution in [0.1, 0.15) is 6.92 Å². The van der Waals surface area contributed by atoms with Crippen LogP contribution in [0, 0.1) is 0 Å². The molecular formula is C11H10Cl2N4O. The van der Waals surface area contributed by atoms with Crippen LogP contribution in [0.4, 0.5) is 5.95 Å². The Morgan fingerprint density at radius 3 is 2.61 bits per heavy atom. The van der Waals surface area contributed by atoms with E-state index in [1.54, 1.807) is 18.2 Å². The minimum atomic E-state index is 0.0922. The lowest BCUT2D eigenvalue weighted by molar-refractivity contribution is 0.312. The van der Waals surface area contributed by atoms with Gasteiger partial charge in [-0.25, -0.2) is 0 Å². The molecule has 0 aliphatic heterocycles. The minimum absolute atomic E-state index is 0.0922. The molecule has 18 heavy (non-hydrogen) atoms. The molecule has 1 aromatic carbocycles. The maximum Gasteiger partial charge on any atom is 0.321 e. The molecule has 0 aliphatic rings. The quantitative estimate of drug-likeness (QED) is 0.938. The first-order chi connectivity index (χ1) is 8.60. The van der Waals surface area contributed by atoms with Crippen LogP contribution in [0.2, 0.25) is 10.0 Å². The summed E-state index contributed by atoms with van der Waals surface area (Å²) in [6.07, 6.45) is 0. The van der Waals surface area contributed by atoms with E-state index < -0.39 is 0 Å². The van der Waals surface area contributed by atoms with Gasteiger partial charge < -0.3 is 10.5 Å². The second kappa shape index (κ2) is 5.37. The van der Waals surface area contributed by atoms with Gasteiger partial charge in [0.1, 0.15) is 0 Å². The van der Waals surface area contributed by atoms with Crippen molar-refractivity contribution in [3.63, 3.8) is 0 Å². The van der Waals surface area contributed by atoms with Gasteiger partial charge >= 0.3 is 6.01 Å². The lowest BCUT2D eigenvalue weighted by Crippen LogP contribution is -2.04. The highest BCUT2D eigenvalue weighted by atomic mass is 35.5. The molecule has 0 atom stereocenters. The fraction of sp³-hybridized carbons (Fsp3) is 0.182. The van der Waals surface area contributed by atoms with Crippen LogP contribution in [0.25, 0.3) is 11.4 Å². The first-order valence-electron chi connectivity index (χ1n) is 5.20. The Balaban J connectivity index is 2.46. The van der Waals surface area contributed by atoms with Crippen molar-refractivity contribution in [2.45, 2.75) is 6.92 Å². The van der Waals surface area contributed by atoms with E-state index in [0.717, 1.165) is 0 Å². The van der Waals surface area contributed by atoms with E-state index in [2.05, 4.69) is 15.0 Å². The van der Waals surface area contributed by atoms with E-state index >= 15 is 0 Å². The molecule has 2 aromatic rings. The SMILES string of the molecule is CCOc1nc(N)nc(-c2ccc(Cl)c(Cl)c2)n1. The molecule has 0 spiro atoms.